The molecule has 0 aliphatic heterocycles. The van der Waals surface area contributed by atoms with E-state index in [1.807, 2.05) is 60.5 Å². The van der Waals surface area contributed by atoms with Crippen molar-refractivity contribution in [2.24, 2.45) is 7.05 Å². The molecule has 1 N–H and O–H groups in total. The zero-order chi connectivity index (χ0) is 28.6. The standard InChI is InChI=1S/C37H28N4O/c1-24-21-39-33(20-31(24)27-17-15-26(16-18-27)25-9-4-3-5-10-25)29-12-8-11-28(19-29)32-22-38-23-34-36(32)40-37(41(34)2)30-13-6-7-14-35(30)42/h3-23,42H,1-2H3. The number of pyridine rings is 2. The minimum atomic E-state index is 0.198. The predicted octanol–water partition coefficient (Wildman–Crippen LogP) is 8.71. The second-order valence-electron chi connectivity index (χ2n) is 10.5. The first-order valence-corrected chi connectivity index (χ1v) is 13.9. The summed E-state index contributed by atoms with van der Waals surface area (Å²) in [5, 5.41) is 10.5. The summed E-state index contributed by atoms with van der Waals surface area (Å²) in [6.45, 7) is 2.10. The fourth-order valence-corrected chi connectivity index (χ4v) is 5.53. The smallest absolute Gasteiger partial charge is 0.144 e. The number of aromatic hydroxyl groups is 1. The highest BCUT2D eigenvalue weighted by Gasteiger charge is 2.17. The van der Waals surface area contributed by atoms with E-state index in [1.165, 1.54) is 11.1 Å². The molecular formula is C37H28N4O. The molecule has 0 saturated heterocycles. The molecule has 0 atom stereocenters. The summed E-state index contributed by atoms with van der Waals surface area (Å²) in [5.41, 5.74) is 12.1. The summed E-state index contributed by atoms with van der Waals surface area (Å²) in [7, 11) is 1.95. The van der Waals surface area contributed by atoms with E-state index in [9.17, 15) is 5.11 Å². The van der Waals surface area contributed by atoms with Crippen LogP contribution in [0.2, 0.25) is 0 Å². The van der Waals surface area contributed by atoms with Gasteiger partial charge in [0, 0.05) is 30.6 Å². The number of para-hydroxylation sites is 1. The summed E-state index contributed by atoms with van der Waals surface area (Å²) in [6.07, 6.45) is 5.61. The maximum atomic E-state index is 10.5. The van der Waals surface area contributed by atoms with E-state index in [0.29, 0.717) is 11.4 Å². The average Bonchev–Trinajstić information content (AvgIpc) is 3.38. The molecular weight excluding hydrogens is 516 g/mol. The van der Waals surface area contributed by atoms with E-state index in [4.69, 9.17) is 9.97 Å². The van der Waals surface area contributed by atoms with Crippen molar-refractivity contribution in [3.63, 3.8) is 0 Å². The van der Waals surface area contributed by atoms with Crippen molar-refractivity contribution in [1.29, 1.82) is 0 Å². The number of hydrogen-bond acceptors (Lipinski definition) is 4. The lowest BCUT2D eigenvalue weighted by atomic mass is 9.96. The van der Waals surface area contributed by atoms with Gasteiger partial charge < -0.3 is 9.67 Å². The minimum Gasteiger partial charge on any atom is -0.507 e. The van der Waals surface area contributed by atoms with Gasteiger partial charge in [0.05, 0.1) is 23.0 Å². The molecule has 0 aliphatic rings. The monoisotopic (exact) mass is 544 g/mol. The van der Waals surface area contributed by atoms with Crippen molar-refractivity contribution >= 4 is 11.0 Å². The molecule has 7 aromatic rings. The van der Waals surface area contributed by atoms with Crippen molar-refractivity contribution in [3.05, 3.63) is 133 Å². The van der Waals surface area contributed by atoms with Crippen LogP contribution < -0.4 is 0 Å². The quantitative estimate of drug-likeness (QED) is 0.235. The number of aryl methyl sites for hydroxylation is 2. The summed E-state index contributed by atoms with van der Waals surface area (Å²) in [6, 6.07) is 36.9. The van der Waals surface area contributed by atoms with E-state index < -0.39 is 0 Å². The molecule has 0 aliphatic carbocycles. The van der Waals surface area contributed by atoms with E-state index in [0.717, 1.165) is 50.1 Å². The zero-order valence-electron chi connectivity index (χ0n) is 23.4. The maximum absolute atomic E-state index is 10.5. The van der Waals surface area contributed by atoms with Crippen LogP contribution in [0.25, 0.3) is 67.1 Å². The highest BCUT2D eigenvalue weighted by Crippen LogP contribution is 2.36. The van der Waals surface area contributed by atoms with E-state index in [1.54, 1.807) is 6.07 Å². The van der Waals surface area contributed by atoms with Gasteiger partial charge in [0.25, 0.3) is 0 Å². The molecule has 3 heterocycles. The Bertz CT molecular complexity index is 2060. The molecule has 0 spiro atoms. The van der Waals surface area contributed by atoms with Crippen LogP contribution in [-0.4, -0.2) is 24.6 Å². The van der Waals surface area contributed by atoms with Crippen molar-refractivity contribution < 1.29 is 5.11 Å². The average molecular weight is 545 g/mol. The van der Waals surface area contributed by atoms with E-state index in [-0.39, 0.29) is 5.75 Å². The number of phenols is 1. The zero-order valence-corrected chi connectivity index (χ0v) is 23.4. The summed E-state index contributed by atoms with van der Waals surface area (Å²) >= 11 is 0. The normalized spacial score (nSPS) is 11.2. The van der Waals surface area contributed by atoms with Crippen molar-refractivity contribution in [2.45, 2.75) is 6.92 Å². The molecule has 0 bridgehead atoms. The topological polar surface area (TPSA) is 63.8 Å². The first-order valence-electron chi connectivity index (χ1n) is 13.9. The second kappa shape index (κ2) is 10.5. The van der Waals surface area contributed by atoms with Gasteiger partial charge >= 0.3 is 0 Å². The highest BCUT2D eigenvalue weighted by atomic mass is 16.3. The third-order valence-electron chi connectivity index (χ3n) is 7.82. The molecule has 0 fully saturated rings. The molecule has 0 radical (unpaired) electrons. The fraction of sp³-hybridized carbons (Fsp3) is 0.0541. The molecule has 4 aromatic carbocycles. The first-order chi connectivity index (χ1) is 20.6. The molecule has 7 rings (SSSR count). The summed E-state index contributed by atoms with van der Waals surface area (Å²) in [5.74, 6) is 0.889. The Balaban J connectivity index is 1.27. The molecule has 5 heteroatoms. The van der Waals surface area contributed by atoms with Gasteiger partial charge in [-0.2, -0.15) is 0 Å². The third kappa shape index (κ3) is 4.51. The van der Waals surface area contributed by atoms with E-state index in [2.05, 4.69) is 84.7 Å². The van der Waals surface area contributed by atoms with Crippen molar-refractivity contribution in [2.75, 3.05) is 0 Å². The molecule has 0 amide bonds. The molecule has 5 nitrogen and oxygen atoms in total. The van der Waals surface area contributed by atoms with Gasteiger partial charge in [-0.1, -0.05) is 84.9 Å². The van der Waals surface area contributed by atoms with Crippen LogP contribution in [0, 0.1) is 6.92 Å². The Morgan fingerprint density at radius 3 is 2.10 bits per heavy atom. The lowest BCUT2D eigenvalue weighted by Crippen LogP contribution is -1.93. The van der Waals surface area contributed by atoms with Gasteiger partial charge in [0.15, 0.2) is 0 Å². The van der Waals surface area contributed by atoms with Gasteiger partial charge in [-0.05, 0) is 64.6 Å². The number of phenolic OH excluding ortho intramolecular Hbond substituents is 1. The van der Waals surface area contributed by atoms with E-state index >= 15 is 0 Å². The third-order valence-corrected chi connectivity index (χ3v) is 7.82. The minimum absolute atomic E-state index is 0.198. The number of nitrogens with zero attached hydrogens (tertiary/aromatic N) is 4. The Kier molecular flexibility index (Phi) is 6.32. The van der Waals surface area contributed by atoms with Crippen LogP contribution in [-0.2, 0) is 7.05 Å². The van der Waals surface area contributed by atoms with Crippen molar-refractivity contribution in [3.8, 4) is 61.8 Å². The van der Waals surface area contributed by atoms with Crippen LogP contribution in [0.3, 0.4) is 0 Å². The molecule has 3 aromatic heterocycles. The Morgan fingerprint density at radius 1 is 0.595 bits per heavy atom. The summed E-state index contributed by atoms with van der Waals surface area (Å²) in [4.78, 5) is 14.3. The van der Waals surface area contributed by atoms with Crippen molar-refractivity contribution in [1.82, 2.24) is 19.5 Å². The first kappa shape index (κ1) is 25.4. The van der Waals surface area contributed by atoms with Crippen LogP contribution in [0.15, 0.2) is 128 Å². The Hall–Kier alpha value is -5.55. The highest BCUT2D eigenvalue weighted by molar-refractivity contribution is 5.94. The molecule has 202 valence electrons. The maximum Gasteiger partial charge on any atom is 0.144 e. The fourth-order valence-electron chi connectivity index (χ4n) is 5.53. The molecule has 0 saturated carbocycles. The van der Waals surface area contributed by atoms with Gasteiger partial charge in [0.1, 0.15) is 17.1 Å². The number of rotatable bonds is 5. The van der Waals surface area contributed by atoms with Gasteiger partial charge in [-0.25, -0.2) is 4.98 Å². The lowest BCUT2D eigenvalue weighted by molar-refractivity contribution is 0.476. The number of hydrogen-bond donors (Lipinski definition) is 1. The number of fused-ring (bicyclic) bond motifs is 1. The molecule has 0 unspecified atom stereocenters. The second-order valence-corrected chi connectivity index (χ2v) is 10.5. The lowest BCUT2D eigenvalue weighted by Gasteiger charge is -2.11. The Labute approximate surface area is 244 Å². The van der Waals surface area contributed by atoms with Gasteiger partial charge in [0.2, 0.25) is 0 Å². The number of benzene rings is 4. The van der Waals surface area contributed by atoms with Gasteiger partial charge in [-0.3, -0.25) is 9.97 Å². The predicted molar refractivity (Wildman–Crippen MR) is 170 cm³/mol. The SMILES string of the molecule is Cc1cnc(-c2cccc(-c3cncc4c3nc(-c3ccccc3O)n4C)c2)cc1-c1ccc(-c2ccccc2)cc1. The molecule has 42 heavy (non-hydrogen) atoms. The van der Waals surface area contributed by atoms with Crippen LogP contribution in [0.4, 0.5) is 0 Å². The van der Waals surface area contributed by atoms with Gasteiger partial charge in [-0.15, -0.1) is 0 Å². The van der Waals surface area contributed by atoms with Crippen LogP contribution in [0.5, 0.6) is 5.75 Å². The van der Waals surface area contributed by atoms with Crippen LogP contribution in [0.1, 0.15) is 5.56 Å². The number of imidazole rings is 1. The Morgan fingerprint density at radius 2 is 1.29 bits per heavy atom. The summed E-state index contributed by atoms with van der Waals surface area (Å²) < 4.78 is 1.97. The largest absolute Gasteiger partial charge is 0.507 e. The van der Waals surface area contributed by atoms with Crippen LogP contribution >= 0.6 is 0 Å². The number of aromatic nitrogens is 4.